The molecule has 1 N–H and O–H groups in total. The molecule has 2 aromatic heterocycles. The number of amides is 1. The summed E-state index contributed by atoms with van der Waals surface area (Å²) in [6.45, 7) is 3.71. The fourth-order valence-corrected chi connectivity index (χ4v) is 2.87. The van der Waals surface area contributed by atoms with Gasteiger partial charge in [-0.05, 0) is 30.7 Å². The average Bonchev–Trinajstić information content (AvgIpc) is 3.23. The van der Waals surface area contributed by atoms with Crippen LogP contribution in [-0.2, 0) is 13.0 Å². The fraction of sp³-hybridized carbons (Fsp3) is 0.368. The van der Waals surface area contributed by atoms with Gasteiger partial charge in [-0.15, -0.1) is 0 Å². The Morgan fingerprint density at radius 2 is 2.08 bits per heavy atom. The van der Waals surface area contributed by atoms with Crippen molar-refractivity contribution >= 4 is 16.9 Å². The Morgan fingerprint density at radius 1 is 1.21 bits per heavy atom. The number of para-hydroxylation sites is 2. The summed E-state index contributed by atoms with van der Waals surface area (Å²) in [5.41, 5.74) is 2.18. The van der Waals surface area contributed by atoms with Gasteiger partial charge in [0, 0.05) is 19.5 Å². The van der Waals surface area contributed by atoms with E-state index in [1.54, 1.807) is 12.1 Å². The standard InChI is InChI=1S/C19H23N3O2/c1-2-3-6-13-22-16-9-5-4-8-15(16)21-18(22)11-12-20-19(23)17-10-7-14-24-17/h4-5,7-10,14H,2-3,6,11-13H2,1H3,(H,20,23). The van der Waals surface area contributed by atoms with E-state index in [0.29, 0.717) is 18.7 Å². The predicted molar refractivity (Wildman–Crippen MR) is 94.0 cm³/mol. The van der Waals surface area contributed by atoms with Gasteiger partial charge in [-0.25, -0.2) is 4.98 Å². The first-order chi connectivity index (χ1) is 11.8. The molecule has 0 aliphatic heterocycles. The topological polar surface area (TPSA) is 60.1 Å². The third-order valence-corrected chi connectivity index (χ3v) is 4.10. The molecule has 5 nitrogen and oxygen atoms in total. The molecular formula is C19H23N3O2. The number of aromatic nitrogens is 2. The number of hydrogen-bond acceptors (Lipinski definition) is 3. The lowest BCUT2D eigenvalue weighted by atomic mass is 10.2. The van der Waals surface area contributed by atoms with E-state index in [1.165, 1.54) is 24.6 Å². The number of fused-ring (bicyclic) bond motifs is 1. The lowest BCUT2D eigenvalue weighted by molar-refractivity contribution is 0.0926. The number of carbonyl (C=O) groups excluding carboxylic acids is 1. The maximum atomic E-state index is 11.9. The lowest BCUT2D eigenvalue weighted by Crippen LogP contribution is -2.26. The molecule has 0 aliphatic carbocycles. The van der Waals surface area contributed by atoms with Crippen LogP contribution in [-0.4, -0.2) is 22.0 Å². The molecule has 126 valence electrons. The van der Waals surface area contributed by atoms with Crippen LogP contribution >= 0.6 is 0 Å². The van der Waals surface area contributed by atoms with Crippen molar-refractivity contribution < 1.29 is 9.21 Å². The molecule has 0 spiro atoms. The summed E-state index contributed by atoms with van der Waals surface area (Å²) in [7, 11) is 0. The van der Waals surface area contributed by atoms with E-state index < -0.39 is 0 Å². The zero-order valence-corrected chi connectivity index (χ0v) is 14.0. The lowest BCUT2D eigenvalue weighted by Gasteiger charge is -2.09. The highest BCUT2D eigenvalue weighted by atomic mass is 16.3. The van der Waals surface area contributed by atoms with Gasteiger partial charge in [0.15, 0.2) is 5.76 Å². The molecule has 0 unspecified atom stereocenters. The minimum absolute atomic E-state index is 0.186. The van der Waals surface area contributed by atoms with Crippen molar-refractivity contribution in [3.05, 3.63) is 54.2 Å². The predicted octanol–water partition coefficient (Wildman–Crippen LogP) is 3.79. The van der Waals surface area contributed by atoms with Gasteiger partial charge >= 0.3 is 0 Å². The molecule has 3 aromatic rings. The summed E-state index contributed by atoms with van der Waals surface area (Å²) in [5.74, 6) is 1.17. The Kier molecular flexibility index (Phi) is 5.31. The van der Waals surface area contributed by atoms with Crippen molar-refractivity contribution in [2.75, 3.05) is 6.54 Å². The highest BCUT2D eigenvalue weighted by molar-refractivity contribution is 5.91. The quantitative estimate of drug-likeness (QED) is 0.641. The number of unbranched alkanes of at least 4 members (excludes halogenated alkanes) is 2. The summed E-state index contributed by atoms with van der Waals surface area (Å²) in [4.78, 5) is 16.7. The van der Waals surface area contributed by atoms with E-state index in [9.17, 15) is 4.79 Å². The maximum Gasteiger partial charge on any atom is 0.286 e. The number of nitrogens with one attached hydrogen (secondary N) is 1. The van der Waals surface area contributed by atoms with Crippen molar-refractivity contribution in [2.24, 2.45) is 0 Å². The first-order valence-corrected chi connectivity index (χ1v) is 8.55. The summed E-state index contributed by atoms with van der Waals surface area (Å²) in [6.07, 6.45) is 5.75. The zero-order valence-electron chi connectivity index (χ0n) is 14.0. The van der Waals surface area contributed by atoms with Crippen LogP contribution in [0.2, 0.25) is 0 Å². The van der Waals surface area contributed by atoms with E-state index >= 15 is 0 Å². The second-order valence-corrected chi connectivity index (χ2v) is 5.86. The average molecular weight is 325 g/mol. The van der Waals surface area contributed by atoms with E-state index in [-0.39, 0.29) is 5.91 Å². The number of imidazole rings is 1. The Hall–Kier alpha value is -2.56. The number of furan rings is 1. The van der Waals surface area contributed by atoms with Crippen molar-refractivity contribution in [1.82, 2.24) is 14.9 Å². The van der Waals surface area contributed by atoms with Crippen LogP contribution in [0.1, 0.15) is 42.6 Å². The molecule has 2 heterocycles. The SMILES string of the molecule is CCCCCn1c(CCNC(=O)c2ccco2)nc2ccccc21. The van der Waals surface area contributed by atoms with E-state index in [1.807, 2.05) is 18.2 Å². The molecule has 1 amide bonds. The van der Waals surface area contributed by atoms with Crippen molar-refractivity contribution in [2.45, 2.75) is 39.2 Å². The van der Waals surface area contributed by atoms with Gasteiger partial charge in [0.25, 0.3) is 5.91 Å². The Balaban J connectivity index is 1.68. The largest absolute Gasteiger partial charge is 0.459 e. The molecule has 1 aromatic carbocycles. The van der Waals surface area contributed by atoms with Gasteiger partial charge in [0.1, 0.15) is 5.82 Å². The second-order valence-electron chi connectivity index (χ2n) is 5.86. The Labute approximate surface area is 141 Å². The molecule has 0 atom stereocenters. The summed E-state index contributed by atoms with van der Waals surface area (Å²) < 4.78 is 7.38. The molecule has 0 saturated heterocycles. The van der Waals surface area contributed by atoms with Crippen molar-refractivity contribution in [3.63, 3.8) is 0 Å². The zero-order chi connectivity index (χ0) is 16.8. The number of carbonyl (C=O) groups is 1. The molecular weight excluding hydrogens is 302 g/mol. The van der Waals surface area contributed by atoms with Crippen LogP contribution in [0.25, 0.3) is 11.0 Å². The third-order valence-electron chi connectivity index (χ3n) is 4.10. The number of aryl methyl sites for hydroxylation is 1. The Bertz CT molecular complexity index is 790. The molecule has 0 fully saturated rings. The summed E-state index contributed by atoms with van der Waals surface area (Å²) >= 11 is 0. The van der Waals surface area contributed by atoms with Gasteiger partial charge < -0.3 is 14.3 Å². The molecule has 5 heteroatoms. The number of benzene rings is 1. The second kappa shape index (κ2) is 7.81. The van der Waals surface area contributed by atoms with Gasteiger partial charge in [-0.3, -0.25) is 4.79 Å². The normalized spacial score (nSPS) is 11.0. The fourth-order valence-electron chi connectivity index (χ4n) is 2.87. The maximum absolute atomic E-state index is 11.9. The molecule has 3 rings (SSSR count). The molecule has 0 bridgehead atoms. The molecule has 0 saturated carbocycles. The first kappa shape index (κ1) is 16.3. The monoisotopic (exact) mass is 325 g/mol. The third kappa shape index (κ3) is 3.67. The van der Waals surface area contributed by atoms with Crippen LogP contribution in [0.3, 0.4) is 0 Å². The van der Waals surface area contributed by atoms with Gasteiger partial charge in [0.2, 0.25) is 0 Å². The van der Waals surface area contributed by atoms with E-state index in [2.05, 4.69) is 22.9 Å². The highest BCUT2D eigenvalue weighted by Gasteiger charge is 2.12. The molecule has 24 heavy (non-hydrogen) atoms. The van der Waals surface area contributed by atoms with Crippen molar-refractivity contribution in [3.8, 4) is 0 Å². The van der Waals surface area contributed by atoms with Gasteiger partial charge in [0.05, 0.1) is 17.3 Å². The highest BCUT2D eigenvalue weighted by Crippen LogP contribution is 2.17. The first-order valence-electron chi connectivity index (χ1n) is 8.55. The summed E-state index contributed by atoms with van der Waals surface area (Å²) in [6, 6.07) is 11.6. The number of rotatable bonds is 8. The molecule has 0 aliphatic rings. The summed E-state index contributed by atoms with van der Waals surface area (Å²) in [5, 5.41) is 2.89. The number of hydrogen-bond donors (Lipinski definition) is 1. The van der Waals surface area contributed by atoms with Crippen LogP contribution < -0.4 is 5.32 Å². The van der Waals surface area contributed by atoms with Crippen LogP contribution in [0.4, 0.5) is 0 Å². The molecule has 0 radical (unpaired) electrons. The van der Waals surface area contributed by atoms with Gasteiger partial charge in [-0.2, -0.15) is 0 Å². The number of nitrogens with zero attached hydrogens (tertiary/aromatic N) is 2. The smallest absolute Gasteiger partial charge is 0.286 e. The minimum atomic E-state index is -0.186. The van der Waals surface area contributed by atoms with Crippen LogP contribution in [0, 0.1) is 0 Å². The van der Waals surface area contributed by atoms with Crippen LogP contribution in [0.15, 0.2) is 47.1 Å². The van der Waals surface area contributed by atoms with Crippen molar-refractivity contribution in [1.29, 1.82) is 0 Å². The van der Waals surface area contributed by atoms with Gasteiger partial charge in [-0.1, -0.05) is 31.9 Å². The van der Waals surface area contributed by atoms with E-state index in [4.69, 9.17) is 9.40 Å². The Morgan fingerprint density at radius 3 is 2.88 bits per heavy atom. The van der Waals surface area contributed by atoms with Crippen LogP contribution in [0.5, 0.6) is 0 Å². The minimum Gasteiger partial charge on any atom is -0.459 e. The van der Waals surface area contributed by atoms with E-state index in [0.717, 1.165) is 24.3 Å².